The van der Waals surface area contributed by atoms with E-state index in [2.05, 4.69) is 43.9 Å². The summed E-state index contributed by atoms with van der Waals surface area (Å²) in [5, 5.41) is 0.763. The fourth-order valence-corrected chi connectivity index (χ4v) is 3.56. The minimum atomic E-state index is -0.255. The molecule has 1 aromatic carbocycles. The minimum absolute atomic E-state index is 0.124. The number of hydrogen-bond donors (Lipinski definition) is 2. The molecule has 0 atom stereocenters. The summed E-state index contributed by atoms with van der Waals surface area (Å²) in [7, 11) is 0. The van der Waals surface area contributed by atoms with E-state index in [4.69, 9.17) is 11.6 Å². The normalized spacial score (nSPS) is 17.3. The largest absolute Gasteiger partial charge is 0.355 e. The maximum Gasteiger partial charge on any atom is 0.325 e. The maximum atomic E-state index is 11.5. The van der Waals surface area contributed by atoms with Gasteiger partial charge in [0.1, 0.15) is 11.8 Å². The summed E-state index contributed by atoms with van der Waals surface area (Å²) in [5.74, 6) is 0.788. The Hall–Kier alpha value is -2.34. The van der Waals surface area contributed by atoms with Crippen LogP contribution in [0.1, 0.15) is 25.3 Å². The first-order valence-electron chi connectivity index (χ1n) is 7.99. The third kappa shape index (κ3) is 2.57. The molecule has 0 spiro atoms. The molecule has 2 aromatic heterocycles. The lowest BCUT2D eigenvalue weighted by Crippen LogP contribution is -2.41. The molecule has 4 rings (SSSR count). The van der Waals surface area contributed by atoms with Gasteiger partial charge in [-0.15, -0.1) is 0 Å². The van der Waals surface area contributed by atoms with Gasteiger partial charge in [0.25, 0.3) is 0 Å². The molecule has 0 amide bonds. The highest BCUT2D eigenvalue weighted by Crippen LogP contribution is 2.37. The highest BCUT2D eigenvalue weighted by atomic mass is 35.5. The zero-order chi connectivity index (χ0) is 16.7. The second kappa shape index (κ2) is 5.63. The fraction of sp³-hybridized carbons (Fsp3) is 0.353. The molecule has 7 heteroatoms. The number of anilines is 1. The summed E-state index contributed by atoms with van der Waals surface area (Å²) in [5.41, 5.74) is 2.41. The molecule has 6 nitrogen and oxygen atoms in total. The van der Waals surface area contributed by atoms with Crippen LogP contribution in [0, 0.1) is 0 Å². The average molecular weight is 344 g/mol. The lowest BCUT2D eigenvalue weighted by Gasteiger charge is -2.40. The standard InChI is InChI=1S/C17H18ClN5O/c1-17(11-2-4-12(18)5-3-11)6-8-23(9-7-17)15-13-14(19-10-20-15)22-16(24)21-13/h2-5,10H,6-9H2,1H3,(H2,19,20,21,22,24). The van der Waals surface area contributed by atoms with Crippen LogP contribution in [0.5, 0.6) is 0 Å². The first-order valence-corrected chi connectivity index (χ1v) is 8.37. The minimum Gasteiger partial charge on any atom is -0.355 e. The van der Waals surface area contributed by atoms with Crippen molar-refractivity contribution >= 4 is 28.6 Å². The molecular formula is C17H18ClN5O. The van der Waals surface area contributed by atoms with Crippen molar-refractivity contribution in [1.29, 1.82) is 0 Å². The van der Waals surface area contributed by atoms with Crippen molar-refractivity contribution in [2.24, 2.45) is 0 Å². The van der Waals surface area contributed by atoms with Crippen LogP contribution >= 0.6 is 11.6 Å². The zero-order valence-electron chi connectivity index (χ0n) is 13.3. The molecule has 0 bridgehead atoms. The third-order valence-corrected chi connectivity index (χ3v) is 5.26. The van der Waals surface area contributed by atoms with Crippen molar-refractivity contribution < 1.29 is 0 Å². The highest BCUT2D eigenvalue weighted by Gasteiger charge is 2.32. The van der Waals surface area contributed by atoms with E-state index in [9.17, 15) is 4.79 Å². The SMILES string of the molecule is CC1(c2ccc(Cl)cc2)CCN(c2ncnc3[nH]c(=O)[nH]c23)CC1. The molecule has 124 valence electrons. The summed E-state index contributed by atoms with van der Waals surface area (Å²) >= 11 is 6.00. The fourth-order valence-electron chi connectivity index (χ4n) is 3.43. The Balaban J connectivity index is 1.59. The van der Waals surface area contributed by atoms with Gasteiger partial charge in [-0.2, -0.15) is 0 Å². The van der Waals surface area contributed by atoms with Crippen LogP contribution in [0.15, 0.2) is 35.4 Å². The van der Waals surface area contributed by atoms with Crippen molar-refractivity contribution in [2.45, 2.75) is 25.2 Å². The monoisotopic (exact) mass is 343 g/mol. The number of rotatable bonds is 2. The van der Waals surface area contributed by atoms with Crippen LogP contribution in [0.2, 0.25) is 5.02 Å². The lowest BCUT2D eigenvalue weighted by molar-refractivity contribution is 0.361. The number of fused-ring (bicyclic) bond motifs is 1. The number of nitrogens with one attached hydrogen (secondary N) is 2. The van der Waals surface area contributed by atoms with E-state index in [1.54, 1.807) is 0 Å². The van der Waals surface area contributed by atoms with E-state index in [0.717, 1.165) is 36.8 Å². The summed E-state index contributed by atoms with van der Waals surface area (Å²) in [6, 6.07) is 8.13. The van der Waals surface area contributed by atoms with Gasteiger partial charge in [-0.05, 0) is 36.0 Å². The number of hydrogen-bond acceptors (Lipinski definition) is 4. The van der Waals surface area contributed by atoms with Crippen molar-refractivity contribution in [3.63, 3.8) is 0 Å². The second-order valence-corrected chi connectivity index (χ2v) is 6.99. The van der Waals surface area contributed by atoms with Gasteiger partial charge in [0, 0.05) is 18.1 Å². The van der Waals surface area contributed by atoms with Gasteiger partial charge >= 0.3 is 5.69 Å². The number of benzene rings is 1. The number of imidazole rings is 1. The second-order valence-electron chi connectivity index (χ2n) is 6.55. The van der Waals surface area contributed by atoms with Gasteiger partial charge in [0.2, 0.25) is 0 Å². The smallest absolute Gasteiger partial charge is 0.325 e. The predicted molar refractivity (Wildman–Crippen MR) is 94.8 cm³/mol. The molecule has 2 N–H and O–H groups in total. The Kier molecular flexibility index (Phi) is 3.57. The van der Waals surface area contributed by atoms with Gasteiger partial charge in [0.05, 0.1) is 0 Å². The molecule has 3 aromatic rings. The van der Waals surface area contributed by atoms with Crippen LogP contribution in [0.4, 0.5) is 5.82 Å². The number of H-pyrrole nitrogens is 2. The van der Waals surface area contributed by atoms with Gasteiger partial charge in [0.15, 0.2) is 11.5 Å². The van der Waals surface area contributed by atoms with Gasteiger partial charge in [-0.3, -0.25) is 4.98 Å². The predicted octanol–water partition coefficient (Wildman–Crippen LogP) is 2.86. The van der Waals surface area contributed by atoms with Gasteiger partial charge in [-0.1, -0.05) is 30.7 Å². The van der Waals surface area contributed by atoms with E-state index in [0.29, 0.717) is 11.2 Å². The Morgan fingerprint density at radius 1 is 1.12 bits per heavy atom. The topological polar surface area (TPSA) is 77.7 Å². The van der Waals surface area contributed by atoms with E-state index in [-0.39, 0.29) is 11.1 Å². The van der Waals surface area contributed by atoms with E-state index in [1.165, 1.54) is 11.9 Å². The molecule has 0 unspecified atom stereocenters. The third-order valence-electron chi connectivity index (χ3n) is 5.01. The number of halogens is 1. The van der Waals surface area contributed by atoms with Gasteiger partial charge < -0.3 is 9.88 Å². The Bertz CT molecular complexity index is 922. The Morgan fingerprint density at radius 2 is 1.83 bits per heavy atom. The highest BCUT2D eigenvalue weighted by molar-refractivity contribution is 6.30. The van der Waals surface area contributed by atoms with Crippen molar-refractivity contribution in [3.8, 4) is 0 Å². The Labute approximate surface area is 143 Å². The molecule has 0 saturated carbocycles. The summed E-state index contributed by atoms with van der Waals surface area (Å²) in [4.78, 5) is 27.7. The summed E-state index contributed by atoms with van der Waals surface area (Å²) in [6.07, 6.45) is 3.51. The van der Waals surface area contributed by atoms with Crippen LogP contribution in [-0.2, 0) is 5.41 Å². The number of nitrogens with zero attached hydrogens (tertiary/aromatic N) is 3. The summed E-state index contributed by atoms with van der Waals surface area (Å²) in [6.45, 7) is 4.04. The van der Waals surface area contributed by atoms with Crippen LogP contribution in [0.25, 0.3) is 11.2 Å². The number of aromatic nitrogens is 4. The molecule has 1 saturated heterocycles. The molecular weight excluding hydrogens is 326 g/mol. The van der Waals surface area contributed by atoms with Crippen LogP contribution in [-0.4, -0.2) is 33.0 Å². The van der Waals surface area contributed by atoms with Gasteiger partial charge in [-0.25, -0.2) is 14.8 Å². The van der Waals surface area contributed by atoms with E-state index >= 15 is 0 Å². The molecule has 0 radical (unpaired) electrons. The molecule has 1 aliphatic heterocycles. The molecule has 1 fully saturated rings. The first kappa shape index (κ1) is 15.2. The summed E-state index contributed by atoms with van der Waals surface area (Å²) < 4.78 is 0. The lowest BCUT2D eigenvalue weighted by atomic mass is 9.74. The van der Waals surface area contributed by atoms with Crippen molar-refractivity contribution in [2.75, 3.05) is 18.0 Å². The molecule has 3 heterocycles. The number of piperidine rings is 1. The average Bonchev–Trinajstić information content (AvgIpc) is 2.96. The zero-order valence-corrected chi connectivity index (χ0v) is 14.1. The molecule has 1 aliphatic rings. The number of aromatic amines is 2. The van der Waals surface area contributed by atoms with E-state index in [1.807, 2.05) is 12.1 Å². The van der Waals surface area contributed by atoms with E-state index < -0.39 is 0 Å². The van der Waals surface area contributed by atoms with Crippen molar-refractivity contribution in [1.82, 2.24) is 19.9 Å². The Morgan fingerprint density at radius 3 is 2.54 bits per heavy atom. The van der Waals surface area contributed by atoms with Crippen molar-refractivity contribution in [3.05, 3.63) is 51.7 Å². The molecule has 0 aliphatic carbocycles. The first-order chi connectivity index (χ1) is 11.5. The quantitative estimate of drug-likeness (QED) is 0.750. The van der Waals surface area contributed by atoms with Crippen LogP contribution < -0.4 is 10.6 Å². The maximum absolute atomic E-state index is 11.5. The van der Waals surface area contributed by atoms with Crippen LogP contribution in [0.3, 0.4) is 0 Å². The molecule has 24 heavy (non-hydrogen) atoms.